The van der Waals surface area contributed by atoms with Crippen LogP contribution in [0, 0.1) is 0 Å². The van der Waals surface area contributed by atoms with Crippen molar-refractivity contribution >= 4 is 35.8 Å². The van der Waals surface area contributed by atoms with Crippen LogP contribution in [0.25, 0.3) is 0 Å². The van der Waals surface area contributed by atoms with E-state index in [0.29, 0.717) is 56.4 Å². The number of alkyl halides is 3. The number of nitrogens with one attached hydrogen (secondary N) is 3. The molecule has 7 nitrogen and oxygen atoms in total. The minimum atomic E-state index is -4.19. The number of carbonyl (C=O) groups excluding carboxylic acids is 1. The third-order valence-electron chi connectivity index (χ3n) is 4.36. The van der Waals surface area contributed by atoms with E-state index in [1.807, 2.05) is 6.92 Å². The van der Waals surface area contributed by atoms with Gasteiger partial charge in [0.05, 0.1) is 20.2 Å². The first-order chi connectivity index (χ1) is 13.8. The van der Waals surface area contributed by atoms with Crippen molar-refractivity contribution < 1.29 is 22.7 Å². The lowest BCUT2D eigenvalue weighted by atomic mass is 10.2. The van der Waals surface area contributed by atoms with Crippen molar-refractivity contribution in [2.24, 2.45) is 4.99 Å². The van der Waals surface area contributed by atoms with Crippen LogP contribution in [0.1, 0.15) is 23.7 Å². The zero-order valence-electron chi connectivity index (χ0n) is 17.1. The van der Waals surface area contributed by atoms with Gasteiger partial charge in [0, 0.05) is 37.8 Å². The van der Waals surface area contributed by atoms with E-state index in [9.17, 15) is 18.0 Å². The van der Waals surface area contributed by atoms with E-state index in [-0.39, 0.29) is 35.9 Å². The van der Waals surface area contributed by atoms with Crippen LogP contribution in [0.4, 0.5) is 13.2 Å². The molecule has 0 bridgehead atoms. The first-order valence-electron chi connectivity index (χ1n) is 9.57. The summed E-state index contributed by atoms with van der Waals surface area (Å²) in [5, 5.41) is 9.03. The molecule has 0 aromatic heterocycles. The first kappa shape index (κ1) is 26.3. The molecule has 1 fully saturated rings. The van der Waals surface area contributed by atoms with Crippen LogP contribution in [0.5, 0.6) is 5.75 Å². The van der Waals surface area contributed by atoms with Crippen molar-refractivity contribution in [2.45, 2.75) is 25.6 Å². The Balaban J connectivity index is 0.00000450. The molecule has 170 valence electrons. The fourth-order valence-corrected chi connectivity index (χ4v) is 3.06. The number of guanidine groups is 1. The summed E-state index contributed by atoms with van der Waals surface area (Å²) in [7, 11) is 1.54. The zero-order chi connectivity index (χ0) is 21.3. The summed E-state index contributed by atoms with van der Waals surface area (Å²) in [6.07, 6.45) is -3.57. The van der Waals surface area contributed by atoms with E-state index in [1.165, 1.54) is 12.0 Å². The highest BCUT2D eigenvalue weighted by Gasteiger charge is 2.34. The number of rotatable bonds is 8. The summed E-state index contributed by atoms with van der Waals surface area (Å²) in [5.74, 6) is 0.906. The number of methoxy groups -OCH3 is 1. The number of likely N-dealkylation sites (tertiary alicyclic amines) is 1. The molecular weight excluding hydrogens is 514 g/mol. The summed E-state index contributed by atoms with van der Waals surface area (Å²) >= 11 is 0. The molecule has 1 aliphatic heterocycles. The molecule has 3 N–H and O–H groups in total. The van der Waals surface area contributed by atoms with E-state index < -0.39 is 12.7 Å². The number of halogens is 4. The Morgan fingerprint density at radius 2 is 2.10 bits per heavy atom. The number of hydrogen-bond acceptors (Lipinski definition) is 4. The molecule has 1 amide bonds. The highest BCUT2D eigenvalue weighted by Crippen LogP contribution is 2.19. The molecule has 1 aliphatic rings. The fraction of sp³-hybridized carbons (Fsp3) is 0.579. The van der Waals surface area contributed by atoms with E-state index >= 15 is 0 Å². The van der Waals surface area contributed by atoms with E-state index in [0.717, 1.165) is 0 Å². The van der Waals surface area contributed by atoms with Gasteiger partial charge in [-0.05, 0) is 31.5 Å². The van der Waals surface area contributed by atoms with Gasteiger partial charge in [0.25, 0.3) is 5.91 Å². The van der Waals surface area contributed by atoms with Gasteiger partial charge < -0.3 is 20.7 Å². The highest BCUT2D eigenvalue weighted by molar-refractivity contribution is 14.0. The maximum Gasteiger partial charge on any atom is 0.401 e. The third kappa shape index (κ3) is 9.37. The minimum absolute atomic E-state index is 0. The van der Waals surface area contributed by atoms with Crippen LogP contribution in [0.15, 0.2) is 29.3 Å². The lowest BCUT2D eigenvalue weighted by Gasteiger charge is -2.19. The number of ether oxygens (including phenoxy) is 1. The van der Waals surface area contributed by atoms with E-state index in [4.69, 9.17) is 4.74 Å². The summed E-state index contributed by atoms with van der Waals surface area (Å²) in [6.45, 7) is 3.02. The maximum atomic E-state index is 12.5. The zero-order valence-corrected chi connectivity index (χ0v) is 19.4. The number of nitrogens with zero attached hydrogens (tertiary/aromatic N) is 2. The third-order valence-corrected chi connectivity index (χ3v) is 4.36. The van der Waals surface area contributed by atoms with Gasteiger partial charge >= 0.3 is 6.18 Å². The van der Waals surface area contributed by atoms with Crippen LogP contribution < -0.4 is 20.7 Å². The van der Waals surface area contributed by atoms with E-state index in [1.54, 1.807) is 24.3 Å². The number of carbonyl (C=O) groups is 1. The smallest absolute Gasteiger partial charge is 0.401 e. The number of benzene rings is 1. The SMILES string of the molecule is CCNC(=NCCNC(=O)c1cccc(OC)c1)NC1CCN(CC(F)(F)F)C1.I. The summed E-state index contributed by atoms with van der Waals surface area (Å²) in [5.41, 5.74) is 0.495. The van der Waals surface area contributed by atoms with Gasteiger partial charge in [-0.1, -0.05) is 6.07 Å². The van der Waals surface area contributed by atoms with Gasteiger partial charge in [-0.25, -0.2) is 0 Å². The molecule has 2 rings (SSSR count). The topological polar surface area (TPSA) is 78.0 Å². The number of aliphatic imine (C=N–C) groups is 1. The largest absolute Gasteiger partial charge is 0.497 e. The molecule has 1 unspecified atom stereocenters. The lowest BCUT2D eigenvalue weighted by molar-refractivity contribution is -0.143. The van der Waals surface area contributed by atoms with Crippen molar-refractivity contribution in [3.8, 4) is 5.75 Å². The Morgan fingerprint density at radius 3 is 2.77 bits per heavy atom. The predicted octanol–water partition coefficient (Wildman–Crippen LogP) is 2.23. The summed E-state index contributed by atoms with van der Waals surface area (Å²) in [4.78, 5) is 17.9. The van der Waals surface area contributed by atoms with Crippen molar-refractivity contribution in [3.05, 3.63) is 29.8 Å². The van der Waals surface area contributed by atoms with Crippen molar-refractivity contribution in [2.75, 3.05) is 46.4 Å². The number of hydrogen-bond donors (Lipinski definition) is 3. The van der Waals surface area contributed by atoms with Crippen LogP contribution in [-0.4, -0.2) is 75.4 Å². The molecule has 1 aromatic carbocycles. The predicted molar refractivity (Wildman–Crippen MR) is 121 cm³/mol. The Morgan fingerprint density at radius 1 is 1.33 bits per heavy atom. The second-order valence-corrected chi connectivity index (χ2v) is 6.73. The van der Waals surface area contributed by atoms with Crippen LogP contribution >= 0.6 is 24.0 Å². The highest BCUT2D eigenvalue weighted by atomic mass is 127. The lowest BCUT2D eigenvalue weighted by Crippen LogP contribution is -2.45. The Hall–Kier alpha value is -1.76. The average Bonchev–Trinajstić information content (AvgIpc) is 3.10. The van der Waals surface area contributed by atoms with Crippen molar-refractivity contribution in [3.63, 3.8) is 0 Å². The summed E-state index contributed by atoms with van der Waals surface area (Å²) < 4.78 is 42.6. The standard InChI is InChI=1S/C19H28F3N5O2.HI/c1-3-23-18(26-15-7-10-27(12-15)13-19(20,21)22)25-9-8-24-17(28)14-5-4-6-16(11-14)29-2;/h4-6,11,15H,3,7-10,12-13H2,1-2H3,(H,24,28)(H2,23,25,26);1H. The monoisotopic (exact) mass is 543 g/mol. The van der Waals surface area contributed by atoms with Crippen LogP contribution in [0.3, 0.4) is 0 Å². The Kier molecular flexibility index (Phi) is 11.2. The molecule has 1 atom stereocenters. The second-order valence-electron chi connectivity index (χ2n) is 6.73. The van der Waals surface area contributed by atoms with E-state index in [2.05, 4.69) is 20.9 Å². The first-order valence-corrected chi connectivity index (χ1v) is 9.57. The molecule has 1 aromatic rings. The van der Waals surface area contributed by atoms with Gasteiger partial charge in [0.2, 0.25) is 0 Å². The minimum Gasteiger partial charge on any atom is -0.497 e. The quantitative estimate of drug-likeness (QED) is 0.203. The maximum absolute atomic E-state index is 12.5. The number of amides is 1. The van der Waals surface area contributed by atoms with Gasteiger partial charge in [-0.3, -0.25) is 14.7 Å². The van der Waals surface area contributed by atoms with Crippen molar-refractivity contribution in [1.29, 1.82) is 0 Å². The fourth-order valence-electron chi connectivity index (χ4n) is 3.06. The summed E-state index contributed by atoms with van der Waals surface area (Å²) in [6, 6.07) is 6.75. The molecular formula is C19H29F3IN5O2. The molecule has 0 saturated carbocycles. The van der Waals surface area contributed by atoms with Gasteiger partial charge in [-0.2, -0.15) is 13.2 Å². The van der Waals surface area contributed by atoms with Gasteiger partial charge in [0.15, 0.2) is 5.96 Å². The molecule has 30 heavy (non-hydrogen) atoms. The van der Waals surface area contributed by atoms with Gasteiger partial charge in [0.1, 0.15) is 5.75 Å². The molecule has 1 saturated heterocycles. The molecule has 0 spiro atoms. The molecule has 11 heteroatoms. The second kappa shape index (κ2) is 12.8. The Bertz CT molecular complexity index is 703. The molecule has 0 radical (unpaired) electrons. The Labute approximate surface area is 191 Å². The average molecular weight is 543 g/mol. The van der Waals surface area contributed by atoms with Crippen molar-refractivity contribution in [1.82, 2.24) is 20.9 Å². The van der Waals surface area contributed by atoms with Gasteiger partial charge in [-0.15, -0.1) is 24.0 Å². The molecule has 0 aliphatic carbocycles. The normalized spacial score (nSPS) is 17.2. The molecule has 1 heterocycles. The van der Waals surface area contributed by atoms with Crippen LogP contribution in [-0.2, 0) is 0 Å². The van der Waals surface area contributed by atoms with Crippen LogP contribution in [0.2, 0.25) is 0 Å².